The predicted octanol–water partition coefficient (Wildman–Crippen LogP) is 1.51. The molecule has 24 heavy (non-hydrogen) atoms. The van der Waals surface area contributed by atoms with E-state index in [0.717, 1.165) is 12.8 Å². The molecule has 3 aromatic rings. The number of hydrogen-bond donors (Lipinski definition) is 1. The molecule has 0 unspecified atom stereocenters. The van der Waals surface area contributed by atoms with Crippen LogP contribution in [-0.2, 0) is 11.3 Å². The van der Waals surface area contributed by atoms with E-state index in [9.17, 15) is 9.59 Å². The molecule has 1 aliphatic rings. The Balaban J connectivity index is 1.71. The number of nitrogens with one attached hydrogen (secondary N) is 1. The quantitative estimate of drug-likeness (QED) is 0.778. The number of fused-ring (bicyclic) bond motifs is 1. The molecule has 1 aliphatic carbocycles. The second kappa shape index (κ2) is 5.76. The number of rotatable bonds is 4. The minimum Gasteiger partial charge on any atom is -0.352 e. The Morgan fingerprint density at radius 2 is 2.12 bits per heavy atom. The fraction of sp³-hybridized carbons (Fsp3) is 0.250. The van der Waals surface area contributed by atoms with Crippen LogP contribution >= 0.6 is 11.6 Å². The standard InChI is InChI=1S/C16H14ClN5O2/c17-12-3-1-2-4-13(12)22-15-11(7-19-22)16(24)21(9-18-15)8-14(23)20-10-5-6-10/h1-4,7,9-10H,5-6,8H2,(H,20,23). The fourth-order valence-corrected chi connectivity index (χ4v) is 2.73. The van der Waals surface area contributed by atoms with E-state index in [1.807, 2.05) is 12.1 Å². The number of carbonyl (C=O) groups is 1. The molecule has 0 atom stereocenters. The minimum absolute atomic E-state index is 0.0461. The van der Waals surface area contributed by atoms with Crippen LogP contribution in [0.2, 0.25) is 5.02 Å². The number of amides is 1. The molecule has 0 aliphatic heterocycles. The van der Waals surface area contributed by atoms with Gasteiger partial charge in [0.15, 0.2) is 5.65 Å². The van der Waals surface area contributed by atoms with Gasteiger partial charge in [0.1, 0.15) is 18.3 Å². The Hall–Kier alpha value is -2.67. The van der Waals surface area contributed by atoms with Crippen LogP contribution in [0.1, 0.15) is 12.8 Å². The van der Waals surface area contributed by atoms with Crippen LogP contribution < -0.4 is 10.9 Å². The number of nitrogens with zero attached hydrogens (tertiary/aromatic N) is 4. The van der Waals surface area contributed by atoms with Crippen molar-refractivity contribution in [1.82, 2.24) is 24.6 Å². The van der Waals surface area contributed by atoms with Crippen LogP contribution in [0, 0.1) is 0 Å². The first-order chi connectivity index (χ1) is 11.6. The molecule has 122 valence electrons. The maximum absolute atomic E-state index is 12.6. The van der Waals surface area contributed by atoms with Crippen LogP contribution in [0.4, 0.5) is 0 Å². The summed E-state index contributed by atoms with van der Waals surface area (Å²) in [6, 6.07) is 7.45. The van der Waals surface area contributed by atoms with Crippen molar-refractivity contribution >= 4 is 28.5 Å². The first-order valence-corrected chi connectivity index (χ1v) is 7.99. The zero-order valence-electron chi connectivity index (χ0n) is 12.6. The van der Waals surface area contributed by atoms with Gasteiger partial charge in [-0.05, 0) is 25.0 Å². The summed E-state index contributed by atoms with van der Waals surface area (Å²) in [4.78, 5) is 28.7. The molecule has 1 amide bonds. The fourth-order valence-electron chi connectivity index (χ4n) is 2.52. The number of para-hydroxylation sites is 1. The van der Waals surface area contributed by atoms with Crippen LogP contribution in [-0.4, -0.2) is 31.3 Å². The van der Waals surface area contributed by atoms with Gasteiger partial charge in [-0.3, -0.25) is 14.2 Å². The normalized spacial score (nSPS) is 14.0. The monoisotopic (exact) mass is 343 g/mol. The number of benzene rings is 1. The van der Waals surface area contributed by atoms with Crippen molar-refractivity contribution in [3.8, 4) is 5.69 Å². The Bertz CT molecular complexity index is 990. The van der Waals surface area contributed by atoms with Gasteiger partial charge in [-0.25, -0.2) is 9.67 Å². The summed E-state index contributed by atoms with van der Waals surface area (Å²) >= 11 is 6.19. The van der Waals surface area contributed by atoms with E-state index in [-0.39, 0.29) is 24.1 Å². The van der Waals surface area contributed by atoms with E-state index in [2.05, 4.69) is 15.4 Å². The molecule has 0 spiro atoms. The molecular formula is C16H14ClN5O2. The largest absolute Gasteiger partial charge is 0.352 e. The molecule has 1 fully saturated rings. The molecule has 8 heteroatoms. The highest BCUT2D eigenvalue weighted by Crippen LogP contribution is 2.21. The van der Waals surface area contributed by atoms with E-state index < -0.39 is 0 Å². The molecule has 1 aromatic carbocycles. The van der Waals surface area contributed by atoms with Crippen molar-refractivity contribution < 1.29 is 4.79 Å². The molecular weight excluding hydrogens is 330 g/mol. The summed E-state index contributed by atoms with van der Waals surface area (Å²) in [6.07, 6.45) is 4.82. The van der Waals surface area contributed by atoms with Crippen LogP contribution in [0.3, 0.4) is 0 Å². The highest BCUT2D eigenvalue weighted by atomic mass is 35.5. The summed E-state index contributed by atoms with van der Waals surface area (Å²) < 4.78 is 2.81. The Labute approximate surface area is 141 Å². The van der Waals surface area contributed by atoms with Crippen molar-refractivity contribution in [2.75, 3.05) is 0 Å². The average molecular weight is 344 g/mol. The van der Waals surface area contributed by atoms with E-state index in [0.29, 0.717) is 21.7 Å². The number of aromatic nitrogens is 4. The summed E-state index contributed by atoms with van der Waals surface area (Å²) in [6.45, 7) is -0.0461. The molecule has 0 saturated heterocycles. The van der Waals surface area contributed by atoms with Gasteiger partial charge in [-0.2, -0.15) is 5.10 Å². The highest BCUT2D eigenvalue weighted by molar-refractivity contribution is 6.32. The maximum atomic E-state index is 12.6. The summed E-state index contributed by atoms with van der Waals surface area (Å²) in [7, 11) is 0. The summed E-state index contributed by atoms with van der Waals surface area (Å²) in [5.74, 6) is -0.181. The third kappa shape index (κ3) is 2.67. The topological polar surface area (TPSA) is 81.8 Å². The van der Waals surface area contributed by atoms with Crippen molar-refractivity contribution in [3.05, 3.63) is 52.2 Å². The lowest BCUT2D eigenvalue weighted by atomic mass is 10.3. The lowest BCUT2D eigenvalue weighted by molar-refractivity contribution is -0.121. The second-order valence-corrected chi connectivity index (χ2v) is 6.17. The van der Waals surface area contributed by atoms with Crippen LogP contribution in [0.5, 0.6) is 0 Å². The number of carbonyl (C=O) groups excluding carboxylic acids is 1. The van der Waals surface area contributed by atoms with Gasteiger partial charge in [0.2, 0.25) is 5.91 Å². The summed E-state index contributed by atoms with van der Waals surface area (Å²) in [5.41, 5.74) is 0.751. The van der Waals surface area contributed by atoms with Gasteiger partial charge in [-0.15, -0.1) is 0 Å². The molecule has 1 saturated carbocycles. The van der Waals surface area contributed by atoms with E-state index in [1.165, 1.54) is 21.8 Å². The zero-order valence-corrected chi connectivity index (χ0v) is 13.4. The van der Waals surface area contributed by atoms with Crippen molar-refractivity contribution in [2.45, 2.75) is 25.4 Å². The van der Waals surface area contributed by atoms with Gasteiger partial charge in [0, 0.05) is 6.04 Å². The molecule has 2 heterocycles. The zero-order chi connectivity index (χ0) is 16.7. The van der Waals surface area contributed by atoms with E-state index >= 15 is 0 Å². The summed E-state index contributed by atoms with van der Waals surface area (Å²) in [5, 5.41) is 7.93. The van der Waals surface area contributed by atoms with Crippen molar-refractivity contribution in [3.63, 3.8) is 0 Å². The Morgan fingerprint density at radius 3 is 2.88 bits per heavy atom. The minimum atomic E-state index is -0.302. The highest BCUT2D eigenvalue weighted by Gasteiger charge is 2.23. The first kappa shape index (κ1) is 14.9. The molecule has 0 bridgehead atoms. The first-order valence-electron chi connectivity index (χ1n) is 7.61. The average Bonchev–Trinajstić information content (AvgIpc) is 3.26. The third-order valence-corrected chi connectivity index (χ3v) is 4.21. The third-order valence-electron chi connectivity index (χ3n) is 3.89. The second-order valence-electron chi connectivity index (χ2n) is 5.76. The van der Waals surface area contributed by atoms with Gasteiger partial charge in [0.25, 0.3) is 5.56 Å². The molecule has 4 rings (SSSR count). The Morgan fingerprint density at radius 1 is 1.33 bits per heavy atom. The molecule has 0 radical (unpaired) electrons. The van der Waals surface area contributed by atoms with Crippen molar-refractivity contribution in [2.24, 2.45) is 0 Å². The lowest BCUT2D eigenvalue weighted by Crippen LogP contribution is -2.33. The predicted molar refractivity (Wildman–Crippen MR) is 89.3 cm³/mol. The van der Waals surface area contributed by atoms with E-state index in [1.54, 1.807) is 12.1 Å². The van der Waals surface area contributed by atoms with Crippen molar-refractivity contribution in [1.29, 1.82) is 0 Å². The number of halogens is 1. The smallest absolute Gasteiger partial charge is 0.264 e. The molecule has 2 aromatic heterocycles. The molecule has 7 nitrogen and oxygen atoms in total. The maximum Gasteiger partial charge on any atom is 0.264 e. The molecule has 1 N–H and O–H groups in total. The van der Waals surface area contributed by atoms with Gasteiger partial charge >= 0.3 is 0 Å². The van der Waals surface area contributed by atoms with E-state index in [4.69, 9.17) is 11.6 Å². The number of hydrogen-bond acceptors (Lipinski definition) is 4. The SMILES string of the molecule is O=C(Cn1cnc2c(cnn2-c2ccccc2Cl)c1=O)NC1CC1. The lowest BCUT2D eigenvalue weighted by Gasteiger charge is -2.07. The van der Waals surface area contributed by atoms with Crippen LogP contribution in [0.25, 0.3) is 16.7 Å². The van der Waals surface area contributed by atoms with Gasteiger partial charge in [0.05, 0.1) is 16.9 Å². The van der Waals surface area contributed by atoms with Crippen LogP contribution in [0.15, 0.2) is 41.6 Å². The van der Waals surface area contributed by atoms with Gasteiger partial charge < -0.3 is 5.32 Å². The van der Waals surface area contributed by atoms with Gasteiger partial charge in [-0.1, -0.05) is 23.7 Å². The Kier molecular flexibility index (Phi) is 3.57.